The van der Waals surface area contributed by atoms with Gasteiger partial charge in [0.05, 0.1) is 0 Å². The van der Waals surface area contributed by atoms with E-state index in [1.54, 1.807) is 6.07 Å². The normalized spacial score (nSPS) is 17.1. The van der Waals surface area contributed by atoms with Crippen LogP contribution in [0, 0.1) is 0 Å². The van der Waals surface area contributed by atoms with E-state index in [0.29, 0.717) is 0 Å². The van der Waals surface area contributed by atoms with Gasteiger partial charge in [-0.05, 0) is 31.4 Å². The van der Waals surface area contributed by atoms with Crippen LogP contribution in [0.15, 0.2) is 23.2 Å². The van der Waals surface area contributed by atoms with Crippen LogP contribution in [0.2, 0.25) is 0 Å². The Morgan fingerprint density at radius 1 is 1.24 bits per heavy atom. The number of aromatic nitrogens is 1. The fourth-order valence-corrected chi connectivity index (χ4v) is 2.44. The summed E-state index contributed by atoms with van der Waals surface area (Å²) in [7, 11) is -3.82. The molecule has 2 N–H and O–H groups in total. The van der Waals surface area contributed by atoms with Gasteiger partial charge in [0.1, 0.15) is 10.7 Å². The Hall–Kier alpha value is -1.18. The number of nitrogens with one attached hydrogen (secondary N) is 1. The third-order valence-electron chi connectivity index (χ3n) is 2.83. The van der Waals surface area contributed by atoms with Crippen LogP contribution in [0.4, 0.5) is 5.82 Å². The summed E-state index contributed by atoms with van der Waals surface area (Å²) in [6.45, 7) is 1.91. The van der Waals surface area contributed by atoms with Crippen molar-refractivity contribution in [2.45, 2.75) is 24.2 Å². The summed E-state index contributed by atoms with van der Waals surface area (Å²) < 4.78 is 22.5. The number of anilines is 1. The molecule has 1 aliphatic rings. The van der Waals surface area contributed by atoms with Crippen molar-refractivity contribution in [3.05, 3.63) is 18.3 Å². The highest BCUT2D eigenvalue weighted by Gasteiger charge is 2.15. The molecule has 0 spiro atoms. The second kappa shape index (κ2) is 4.99. The molecule has 6 nitrogen and oxygen atoms in total. The predicted molar refractivity (Wildman–Crippen MR) is 62.4 cm³/mol. The van der Waals surface area contributed by atoms with Crippen molar-refractivity contribution in [2.75, 3.05) is 18.0 Å². The van der Waals surface area contributed by atoms with E-state index in [2.05, 4.69) is 9.88 Å². The zero-order valence-corrected chi connectivity index (χ0v) is 10.2. The van der Waals surface area contributed by atoms with Crippen LogP contribution in [0.5, 0.6) is 0 Å². The minimum atomic E-state index is -3.82. The number of hydrogen-bond donors (Lipinski definition) is 2. The van der Waals surface area contributed by atoms with Crippen LogP contribution in [0.1, 0.15) is 19.3 Å². The number of sulfonamides is 1. The highest BCUT2D eigenvalue weighted by atomic mass is 32.2. The van der Waals surface area contributed by atoms with Gasteiger partial charge in [0.25, 0.3) is 10.0 Å². The maximum absolute atomic E-state index is 11.3. The van der Waals surface area contributed by atoms with Gasteiger partial charge in [-0.25, -0.2) is 13.4 Å². The lowest BCUT2D eigenvalue weighted by atomic mass is 10.1. The second-order valence-electron chi connectivity index (χ2n) is 3.99. The van der Waals surface area contributed by atoms with Crippen LogP contribution in [0.3, 0.4) is 0 Å². The number of hydrogen-bond acceptors (Lipinski definition) is 5. The minimum absolute atomic E-state index is 0.0410. The molecule has 0 amide bonds. The fraction of sp³-hybridized carbons (Fsp3) is 0.500. The number of rotatable bonds is 3. The van der Waals surface area contributed by atoms with Crippen molar-refractivity contribution >= 4 is 15.8 Å². The van der Waals surface area contributed by atoms with Gasteiger partial charge >= 0.3 is 0 Å². The van der Waals surface area contributed by atoms with Crippen LogP contribution >= 0.6 is 0 Å². The molecule has 0 atom stereocenters. The van der Waals surface area contributed by atoms with E-state index in [1.807, 2.05) is 0 Å². The predicted octanol–water partition coefficient (Wildman–Crippen LogP) is 0.739. The van der Waals surface area contributed by atoms with Crippen LogP contribution in [-0.4, -0.2) is 31.7 Å². The SMILES string of the molecule is O=S(=O)(NO)c1ccc(N2CCCCC2)nc1. The molecule has 0 bridgehead atoms. The topological polar surface area (TPSA) is 82.5 Å². The van der Waals surface area contributed by atoms with Crippen LogP contribution < -0.4 is 9.79 Å². The average Bonchev–Trinajstić information content (AvgIpc) is 2.40. The first-order valence-electron chi connectivity index (χ1n) is 5.50. The first-order valence-corrected chi connectivity index (χ1v) is 6.99. The number of nitrogens with zero attached hydrogens (tertiary/aromatic N) is 2. The zero-order chi connectivity index (χ0) is 12.3. The van der Waals surface area contributed by atoms with Gasteiger partial charge in [0, 0.05) is 19.3 Å². The molecular weight excluding hydrogens is 242 g/mol. The molecule has 0 aromatic carbocycles. The molecule has 7 heteroatoms. The Morgan fingerprint density at radius 3 is 2.47 bits per heavy atom. The molecule has 1 aromatic heterocycles. The van der Waals surface area contributed by atoms with E-state index >= 15 is 0 Å². The first-order chi connectivity index (χ1) is 8.13. The summed E-state index contributed by atoms with van der Waals surface area (Å²) in [4.78, 5) is 7.48. The van der Waals surface area contributed by atoms with Crippen molar-refractivity contribution < 1.29 is 13.6 Å². The molecule has 0 radical (unpaired) electrons. The second-order valence-corrected chi connectivity index (χ2v) is 5.66. The summed E-state index contributed by atoms with van der Waals surface area (Å²) in [6, 6.07) is 3.10. The van der Waals surface area contributed by atoms with E-state index in [4.69, 9.17) is 5.21 Å². The largest absolute Gasteiger partial charge is 0.357 e. The van der Waals surface area contributed by atoms with Gasteiger partial charge in [-0.15, -0.1) is 0 Å². The highest BCUT2D eigenvalue weighted by molar-refractivity contribution is 7.89. The van der Waals surface area contributed by atoms with E-state index in [9.17, 15) is 8.42 Å². The summed E-state index contributed by atoms with van der Waals surface area (Å²) in [5, 5.41) is 8.49. The van der Waals surface area contributed by atoms with Crippen molar-refractivity contribution in [1.29, 1.82) is 0 Å². The van der Waals surface area contributed by atoms with Gasteiger partial charge in [-0.1, -0.05) is 4.89 Å². The number of piperidine rings is 1. The first kappa shape index (κ1) is 12.3. The van der Waals surface area contributed by atoms with Gasteiger partial charge < -0.3 is 10.1 Å². The monoisotopic (exact) mass is 257 g/mol. The van der Waals surface area contributed by atoms with E-state index in [-0.39, 0.29) is 4.90 Å². The van der Waals surface area contributed by atoms with Gasteiger partial charge in [0.2, 0.25) is 0 Å². The van der Waals surface area contributed by atoms with Crippen LogP contribution in [0.25, 0.3) is 0 Å². The average molecular weight is 257 g/mol. The Morgan fingerprint density at radius 2 is 1.94 bits per heavy atom. The molecule has 0 saturated carbocycles. The summed E-state index contributed by atoms with van der Waals surface area (Å²) in [5.41, 5.74) is 0. The lowest BCUT2D eigenvalue weighted by Gasteiger charge is -2.27. The Balaban J connectivity index is 2.18. The third kappa shape index (κ3) is 2.74. The Labute approximate surface area is 100 Å². The standard InChI is InChI=1S/C10H15N3O3S/c14-12-17(15,16)9-4-5-10(11-8-9)13-6-2-1-3-7-13/h4-5,8,12,14H,1-3,6-7H2. The molecule has 1 saturated heterocycles. The van der Waals surface area contributed by atoms with E-state index < -0.39 is 10.0 Å². The minimum Gasteiger partial charge on any atom is -0.357 e. The fourth-order valence-electron chi connectivity index (χ4n) is 1.89. The Bertz CT molecular complexity index is 466. The number of pyridine rings is 1. The summed E-state index contributed by atoms with van der Waals surface area (Å²) in [5.74, 6) is 0.779. The van der Waals surface area contributed by atoms with Crippen molar-refractivity contribution in [3.63, 3.8) is 0 Å². The molecule has 1 aliphatic heterocycles. The molecule has 2 rings (SSSR count). The van der Waals surface area contributed by atoms with E-state index in [0.717, 1.165) is 31.7 Å². The summed E-state index contributed by atoms with van der Waals surface area (Å²) >= 11 is 0. The maximum atomic E-state index is 11.3. The lowest BCUT2D eigenvalue weighted by Crippen LogP contribution is -2.30. The summed E-state index contributed by atoms with van der Waals surface area (Å²) in [6.07, 6.45) is 4.76. The molecule has 0 unspecified atom stereocenters. The molecule has 2 heterocycles. The van der Waals surface area contributed by atoms with Crippen LogP contribution in [-0.2, 0) is 10.0 Å². The van der Waals surface area contributed by atoms with Gasteiger partial charge in [0.15, 0.2) is 0 Å². The van der Waals surface area contributed by atoms with Crippen molar-refractivity contribution in [3.8, 4) is 0 Å². The third-order valence-corrected chi connectivity index (χ3v) is 3.93. The lowest BCUT2D eigenvalue weighted by molar-refractivity contribution is 0.242. The molecular formula is C10H15N3O3S. The quantitative estimate of drug-likeness (QED) is 0.780. The smallest absolute Gasteiger partial charge is 0.263 e. The highest BCUT2D eigenvalue weighted by Crippen LogP contribution is 2.18. The van der Waals surface area contributed by atoms with Crippen molar-refractivity contribution in [1.82, 2.24) is 9.87 Å². The molecule has 17 heavy (non-hydrogen) atoms. The zero-order valence-electron chi connectivity index (χ0n) is 9.33. The van der Waals surface area contributed by atoms with E-state index in [1.165, 1.54) is 23.6 Å². The van der Waals surface area contributed by atoms with Crippen molar-refractivity contribution in [2.24, 2.45) is 0 Å². The molecule has 1 aromatic rings. The van der Waals surface area contributed by atoms with Gasteiger partial charge in [-0.3, -0.25) is 0 Å². The van der Waals surface area contributed by atoms with Gasteiger partial charge in [-0.2, -0.15) is 0 Å². The maximum Gasteiger partial charge on any atom is 0.263 e. The molecule has 1 fully saturated rings. The molecule has 94 valence electrons. The Kier molecular flexibility index (Phi) is 3.60. The molecule has 0 aliphatic carbocycles.